The molecule has 4 heteroatoms. The molecule has 2 N–H and O–H groups in total. The Morgan fingerprint density at radius 3 is 2.33 bits per heavy atom. The van der Waals surface area contributed by atoms with Gasteiger partial charge in [-0.2, -0.15) is 0 Å². The summed E-state index contributed by atoms with van der Waals surface area (Å²) in [6, 6.07) is -0.517. The second kappa shape index (κ2) is 4.10. The van der Waals surface area contributed by atoms with Crippen molar-refractivity contribution in [1.82, 2.24) is 0 Å². The van der Waals surface area contributed by atoms with Crippen molar-refractivity contribution in [2.45, 2.75) is 44.8 Å². The summed E-state index contributed by atoms with van der Waals surface area (Å²) in [5.41, 5.74) is 5.56. The molecule has 0 aromatic heterocycles. The van der Waals surface area contributed by atoms with Crippen molar-refractivity contribution >= 4 is 5.97 Å². The highest BCUT2D eigenvalue weighted by atomic mass is 16.5. The van der Waals surface area contributed by atoms with Crippen molar-refractivity contribution < 1.29 is 14.3 Å². The molecule has 0 spiro atoms. The molecule has 0 aromatic rings. The summed E-state index contributed by atoms with van der Waals surface area (Å²) >= 11 is 0. The van der Waals surface area contributed by atoms with Gasteiger partial charge in [0.15, 0.2) is 0 Å². The molecule has 1 fully saturated rings. The summed E-state index contributed by atoms with van der Waals surface area (Å²) in [7, 11) is 3.06. The molecule has 0 saturated heterocycles. The second-order valence-corrected chi connectivity index (χ2v) is 5.00. The third-order valence-electron chi connectivity index (χ3n) is 3.34. The van der Waals surface area contributed by atoms with Crippen LogP contribution in [0.3, 0.4) is 0 Å². The predicted molar refractivity (Wildman–Crippen MR) is 57.4 cm³/mol. The first-order chi connectivity index (χ1) is 6.87. The predicted octanol–water partition coefficient (Wildman–Crippen LogP) is 1.08. The first-order valence-electron chi connectivity index (χ1n) is 5.25. The molecule has 0 heterocycles. The van der Waals surface area contributed by atoms with Crippen molar-refractivity contribution in [3.8, 4) is 0 Å². The van der Waals surface area contributed by atoms with E-state index in [9.17, 15) is 4.79 Å². The molecule has 1 atom stereocenters. The van der Waals surface area contributed by atoms with Crippen molar-refractivity contribution in [3.63, 3.8) is 0 Å². The number of nitrogens with two attached hydrogens (primary N) is 1. The number of carbonyl (C=O) groups excluding carboxylic acids is 1. The Labute approximate surface area is 91.1 Å². The van der Waals surface area contributed by atoms with Crippen LogP contribution in [-0.2, 0) is 14.3 Å². The Balaban J connectivity index is 2.64. The van der Waals surface area contributed by atoms with Crippen LogP contribution in [0.2, 0.25) is 0 Å². The molecule has 0 bridgehead atoms. The fraction of sp³-hybridized carbons (Fsp3) is 0.909. The van der Waals surface area contributed by atoms with Gasteiger partial charge >= 0.3 is 5.97 Å². The van der Waals surface area contributed by atoms with E-state index < -0.39 is 6.04 Å². The highest BCUT2D eigenvalue weighted by Gasteiger charge is 2.53. The van der Waals surface area contributed by atoms with Crippen molar-refractivity contribution in [2.75, 3.05) is 14.2 Å². The van der Waals surface area contributed by atoms with Crippen LogP contribution >= 0.6 is 0 Å². The number of esters is 1. The highest BCUT2D eigenvalue weighted by molar-refractivity contribution is 5.77. The van der Waals surface area contributed by atoms with Gasteiger partial charge in [-0.15, -0.1) is 0 Å². The standard InChI is InChI=1S/C11H21NO3/c1-10(2,15-4)7-11(5-6-11)8(12)9(13)14-3/h8H,5-7,12H2,1-4H3. The van der Waals surface area contributed by atoms with Gasteiger partial charge in [0.1, 0.15) is 6.04 Å². The quantitative estimate of drug-likeness (QED) is 0.697. The van der Waals surface area contributed by atoms with Gasteiger partial charge in [-0.25, -0.2) is 0 Å². The minimum atomic E-state index is -0.517. The molecule has 1 aliphatic rings. The van der Waals surface area contributed by atoms with Gasteiger partial charge in [-0.05, 0) is 38.5 Å². The van der Waals surface area contributed by atoms with Gasteiger partial charge in [-0.1, -0.05) is 0 Å². The number of hydrogen-bond donors (Lipinski definition) is 1. The molecule has 0 radical (unpaired) electrons. The molecule has 4 nitrogen and oxygen atoms in total. The lowest BCUT2D eigenvalue weighted by Crippen LogP contribution is -2.44. The molecule has 1 unspecified atom stereocenters. The van der Waals surface area contributed by atoms with Gasteiger partial charge < -0.3 is 15.2 Å². The fourth-order valence-corrected chi connectivity index (χ4v) is 2.06. The van der Waals surface area contributed by atoms with Crippen molar-refractivity contribution in [1.29, 1.82) is 0 Å². The Morgan fingerprint density at radius 1 is 1.47 bits per heavy atom. The highest BCUT2D eigenvalue weighted by Crippen LogP contribution is 2.54. The number of carbonyl (C=O) groups is 1. The minimum absolute atomic E-state index is 0.105. The minimum Gasteiger partial charge on any atom is -0.468 e. The molecular weight excluding hydrogens is 194 g/mol. The normalized spacial score (nSPS) is 20.9. The van der Waals surface area contributed by atoms with Gasteiger partial charge in [-0.3, -0.25) is 4.79 Å². The van der Waals surface area contributed by atoms with Crippen LogP contribution in [0.1, 0.15) is 33.1 Å². The molecule has 1 saturated carbocycles. The molecule has 1 aliphatic carbocycles. The summed E-state index contributed by atoms with van der Waals surface area (Å²) < 4.78 is 10.1. The van der Waals surface area contributed by atoms with E-state index in [-0.39, 0.29) is 17.0 Å². The number of rotatable bonds is 5. The summed E-state index contributed by atoms with van der Waals surface area (Å²) in [5, 5.41) is 0. The first-order valence-corrected chi connectivity index (χ1v) is 5.25. The molecule has 0 amide bonds. The van der Waals surface area contributed by atoms with Crippen LogP contribution in [0, 0.1) is 5.41 Å². The number of hydrogen-bond acceptors (Lipinski definition) is 4. The zero-order valence-electron chi connectivity index (χ0n) is 10.0. The summed E-state index contributed by atoms with van der Waals surface area (Å²) in [5.74, 6) is -0.320. The summed E-state index contributed by atoms with van der Waals surface area (Å²) in [4.78, 5) is 11.4. The maximum atomic E-state index is 11.4. The smallest absolute Gasteiger partial charge is 0.323 e. The van der Waals surface area contributed by atoms with E-state index in [0.29, 0.717) is 0 Å². The average Bonchev–Trinajstić information content (AvgIpc) is 2.96. The van der Waals surface area contributed by atoms with E-state index in [1.165, 1.54) is 7.11 Å². The van der Waals surface area contributed by atoms with Crippen LogP contribution < -0.4 is 5.73 Å². The topological polar surface area (TPSA) is 61.5 Å². The van der Waals surface area contributed by atoms with E-state index in [4.69, 9.17) is 10.5 Å². The monoisotopic (exact) mass is 215 g/mol. The van der Waals surface area contributed by atoms with Gasteiger partial charge in [0, 0.05) is 7.11 Å². The second-order valence-electron chi connectivity index (χ2n) is 5.00. The average molecular weight is 215 g/mol. The van der Waals surface area contributed by atoms with E-state index >= 15 is 0 Å². The molecular formula is C11H21NO3. The number of methoxy groups -OCH3 is 2. The lowest BCUT2D eigenvalue weighted by atomic mass is 9.85. The van der Waals surface area contributed by atoms with Gasteiger partial charge in [0.05, 0.1) is 12.7 Å². The largest absolute Gasteiger partial charge is 0.468 e. The zero-order chi connectivity index (χ0) is 11.7. The van der Waals surface area contributed by atoms with E-state index in [0.717, 1.165) is 19.3 Å². The Kier molecular flexibility index (Phi) is 3.41. The van der Waals surface area contributed by atoms with E-state index in [1.807, 2.05) is 13.8 Å². The maximum absolute atomic E-state index is 11.4. The molecule has 15 heavy (non-hydrogen) atoms. The Morgan fingerprint density at radius 2 is 2.00 bits per heavy atom. The van der Waals surface area contributed by atoms with E-state index in [1.54, 1.807) is 7.11 Å². The molecule has 88 valence electrons. The van der Waals surface area contributed by atoms with Crippen LogP contribution in [0.25, 0.3) is 0 Å². The summed E-state index contributed by atoms with van der Waals surface area (Å²) in [6.45, 7) is 4.02. The molecule has 0 aliphatic heterocycles. The van der Waals surface area contributed by atoms with Crippen LogP contribution in [0.4, 0.5) is 0 Å². The van der Waals surface area contributed by atoms with Crippen LogP contribution in [0.5, 0.6) is 0 Å². The van der Waals surface area contributed by atoms with E-state index in [2.05, 4.69) is 4.74 Å². The summed E-state index contributed by atoms with van der Waals surface area (Å²) in [6.07, 6.45) is 2.76. The van der Waals surface area contributed by atoms with Gasteiger partial charge in [0.25, 0.3) is 0 Å². The lowest BCUT2D eigenvalue weighted by molar-refractivity contribution is -0.144. The van der Waals surface area contributed by atoms with Crippen LogP contribution in [0.15, 0.2) is 0 Å². The first kappa shape index (κ1) is 12.5. The Bertz CT molecular complexity index is 246. The molecule has 1 rings (SSSR count). The number of ether oxygens (including phenoxy) is 2. The van der Waals surface area contributed by atoms with Crippen molar-refractivity contribution in [2.24, 2.45) is 11.1 Å². The SMILES string of the molecule is COC(=O)C(N)C1(CC(C)(C)OC)CC1. The zero-order valence-corrected chi connectivity index (χ0v) is 10.0. The van der Waals surface area contributed by atoms with Crippen molar-refractivity contribution in [3.05, 3.63) is 0 Å². The maximum Gasteiger partial charge on any atom is 0.323 e. The van der Waals surface area contributed by atoms with Gasteiger partial charge in [0.2, 0.25) is 0 Å². The fourth-order valence-electron chi connectivity index (χ4n) is 2.06. The third kappa shape index (κ3) is 2.69. The van der Waals surface area contributed by atoms with Crippen LogP contribution in [-0.4, -0.2) is 31.8 Å². The third-order valence-corrected chi connectivity index (χ3v) is 3.34. The lowest BCUT2D eigenvalue weighted by Gasteiger charge is -2.30. The Hall–Kier alpha value is -0.610. The molecule has 0 aromatic carbocycles.